The fraction of sp³-hybridized carbons (Fsp3) is 0.500. The maximum Gasteiger partial charge on any atom is 0.177 e. The van der Waals surface area contributed by atoms with Gasteiger partial charge in [0.25, 0.3) is 0 Å². The molecule has 5 heteroatoms. The summed E-state index contributed by atoms with van der Waals surface area (Å²) in [7, 11) is 2.03. The van der Waals surface area contributed by atoms with Gasteiger partial charge < -0.3 is 9.47 Å². The molecule has 0 saturated carbocycles. The molecule has 3 heterocycles. The Morgan fingerprint density at radius 3 is 3.14 bits per heavy atom. The molecule has 0 aromatic carbocycles. The lowest BCUT2D eigenvalue weighted by Gasteiger charge is -2.31. The molecule has 2 aromatic heterocycles. The van der Waals surface area contributed by atoms with Crippen molar-refractivity contribution in [3.8, 4) is 0 Å². The minimum Gasteiger partial charge on any atom is -0.338 e. The molecule has 4 nitrogen and oxygen atoms in total. The van der Waals surface area contributed by atoms with Gasteiger partial charge in [0.2, 0.25) is 0 Å². The summed E-state index contributed by atoms with van der Waals surface area (Å²) in [6, 6.07) is 3.90. The second-order valence-electron chi connectivity index (χ2n) is 5.69. The van der Waals surface area contributed by atoms with Gasteiger partial charge in [-0.05, 0) is 30.8 Å². The molecule has 1 aliphatic heterocycles. The number of piperidine rings is 1. The highest BCUT2D eigenvalue weighted by atomic mass is 32.1. The van der Waals surface area contributed by atoms with Crippen LogP contribution in [0.3, 0.4) is 0 Å². The van der Waals surface area contributed by atoms with Crippen LogP contribution in [0.25, 0.3) is 0 Å². The lowest BCUT2D eigenvalue weighted by atomic mass is 9.93. The molecule has 1 unspecified atom stereocenters. The van der Waals surface area contributed by atoms with Crippen LogP contribution in [-0.2, 0) is 13.5 Å². The third-order valence-corrected chi connectivity index (χ3v) is 5.10. The Morgan fingerprint density at radius 2 is 2.43 bits per heavy atom. The van der Waals surface area contributed by atoms with Gasteiger partial charge in [-0.1, -0.05) is 6.07 Å². The maximum absolute atomic E-state index is 12.5. The number of aryl methyl sites for hydroxylation is 1. The third-order valence-electron chi connectivity index (χ3n) is 4.21. The van der Waals surface area contributed by atoms with E-state index in [-0.39, 0.29) is 5.92 Å². The number of hydrogen-bond acceptors (Lipinski definition) is 4. The van der Waals surface area contributed by atoms with Gasteiger partial charge in [0.05, 0.1) is 4.88 Å². The fourth-order valence-corrected chi connectivity index (χ4v) is 3.73. The molecule has 0 amide bonds. The molecule has 0 bridgehead atoms. The SMILES string of the molecule is Cn1ccnc1CCN1CCCC(C(=O)c2cccs2)C1. The summed E-state index contributed by atoms with van der Waals surface area (Å²) in [5.41, 5.74) is 0. The van der Waals surface area contributed by atoms with Gasteiger partial charge in [-0.2, -0.15) is 0 Å². The molecular weight excluding hydrogens is 282 g/mol. The number of imidazole rings is 1. The number of likely N-dealkylation sites (tertiary alicyclic amines) is 1. The summed E-state index contributed by atoms with van der Waals surface area (Å²) in [4.78, 5) is 20.1. The first-order valence-corrected chi connectivity index (χ1v) is 8.38. The molecule has 2 aromatic rings. The summed E-state index contributed by atoms with van der Waals surface area (Å²) < 4.78 is 2.07. The van der Waals surface area contributed by atoms with Crippen LogP contribution in [0.15, 0.2) is 29.9 Å². The van der Waals surface area contributed by atoms with Crippen LogP contribution in [0.5, 0.6) is 0 Å². The zero-order valence-corrected chi connectivity index (χ0v) is 13.2. The van der Waals surface area contributed by atoms with E-state index in [1.807, 2.05) is 37.0 Å². The predicted molar refractivity (Wildman–Crippen MR) is 84.7 cm³/mol. The Balaban J connectivity index is 1.56. The second kappa shape index (κ2) is 6.54. The molecule has 0 N–H and O–H groups in total. The molecule has 3 rings (SSSR count). The highest BCUT2D eigenvalue weighted by molar-refractivity contribution is 7.12. The summed E-state index contributed by atoms with van der Waals surface area (Å²) in [5, 5.41) is 1.98. The first-order chi connectivity index (χ1) is 10.2. The number of aromatic nitrogens is 2. The quantitative estimate of drug-likeness (QED) is 0.797. The molecule has 0 radical (unpaired) electrons. The number of carbonyl (C=O) groups excluding carboxylic acids is 1. The van der Waals surface area contributed by atoms with Crippen LogP contribution in [0.1, 0.15) is 28.3 Å². The topological polar surface area (TPSA) is 38.1 Å². The molecule has 1 saturated heterocycles. The molecule has 1 atom stereocenters. The Morgan fingerprint density at radius 1 is 1.52 bits per heavy atom. The Bertz CT molecular complexity index is 590. The van der Waals surface area contributed by atoms with Gasteiger partial charge in [-0.25, -0.2) is 4.98 Å². The van der Waals surface area contributed by atoms with Gasteiger partial charge in [0.1, 0.15) is 5.82 Å². The number of rotatable bonds is 5. The Kier molecular flexibility index (Phi) is 4.51. The number of ketones is 1. The molecule has 21 heavy (non-hydrogen) atoms. The van der Waals surface area contributed by atoms with Crippen LogP contribution in [-0.4, -0.2) is 39.9 Å². The molecule has 0 aliphatic carbocycles. The van der Waals surface area contributed by atoms with Crippen molar-refractivity contribution in [3.63, 3.8) is 0 Å². The minimum atomic E-state index is 0.166. The van der Waals surface area contributed by atoms with Gasteiger partial charge in [-0.3, -0.25) is 4.79 Å². The minimum absolute atomic E-state index is 0.166. The van der Waals surface area contributed by atoms with Crippen molar-refractivity contribution in [2.45, 2.75) is 19.3 Å². The number of hydrogen-bond donors (Lipinski definition) is 0. The van der Waals surface area contributed by atoms with Crippen LogP contribution in [0, 0.1) is 5.92 Å². The zero-order valence-electron chi connectivity index (χ0n) is 12.4. The molecular formula is C16H21N3OS. The Hall–Kier alpha value is -1.46. The van der Waals surface area contributed by atoms with Gasteiger partial charge in [-0.15, -0.1) is 11.3 Å². The average molecular weight is 303 g/mol. The molecule has 1 fully saturated rings. The van der Waals surface area contributed by atoms with Crippen LogP contribution in [0.4, 0.5) is 0 Å². The number of Topliss-reactive ketones (excluding diaryl/α,β-unsaturated/α-hetero) is 1. The largest absolute Gasteiger partial charge is 0.338 e. The van der Waals surface area contributed by atoms with Gasteiger partial charge >= 0.3 is 0 Å². The average Bonchev–Trinajstić information content (AvgIpc) is 3.16. The Labute approximate surface area is 129 Å². The van der Waals surface area contributed by atoms with Crippen molar-refractivity contribution in [1.29, 1.82) is 0 Å². The third kappa shape index (κ3) is 3.41. The van der Waals surface area contributed by atoms with Crippen LogP contribution >= 0.6 is 11.3 Å². The van der Waals surface area contributed by atoms with Crippen LogP contribution < -0.4 is 0 Å². The maximum atomic E-state index is 12.5. The van der Waals surface area contributed by atoms with E-state index in [2.05, 4.69) is 14.5 Å². The van der Waals surface area contributed by atoms with Gasteiger partial charge in [0.15, 0.2) is 5.78 Å². The predicted octanol–water partition coefficient (Wildman–Crippen LogP) is 2.62. The van der Waals surface area contributed by atoms with E-state index >= 15 is 0 Å². The van der Waals surface area contributed by atoms with Crippen LogP contribution in [0.2, 0.25) is 0 Å². The number of thiophene rings is 1. The molecule has 112 valence electrons. The normalized spacial score (nSPS) is 19.8. The molecule has 0 spiro atoms. The first-order valence-electron chi connectivity index (χ1n) is 7.50. The van der Waals surface area contributed by atoms with E-state index in [0.29, 0.717) is 5.78 Å². The van der Waals surface area contributed by atoms with Crippen molar-refractivity contribution < 1.29 is 4.79 Å². The molecule has 1 aliphatic rings. The monoisotopic (exact) mass is 303 g/mol. The number of nitrogens with zero attached hydrogens (tertiary/aromatic N) is 3. The standard InChI is InChI=1S/C16H21N3OS/c1-18-10-7-17-15(18)6-9-19-8-2-4-13(12-19)16(20)14-5-3-11-21-14/h3,5,7,10-11,13H,2,4,6,8-9,12H2,1H3. The summed E-state index contributed by atoms with van der Waals surface area (Å²) in [6.45, 7) is 2.97. The van der Waals surface area contributed by atoms with E-state index in [0.717, 1.165) is 49.6 Å². The smallest absolute Gasteiger partial charge is 0.177 e. The second-order valence-corrected chi connectivity index (χ2v) is 6.63. The van der Waals surface area contributed by atoms with Crippen molar-refractivity contribution in [3.05, 3.63) is 40.6 Å². The van der Waals surface area contributed by atoms with E-state index in [4.69, 9.17) is 0 Å². The van der Waals surface area contributed by atoms with E-state index in [1.54, 1.807) is 11.3 Å². The van der Waals surface area contributed by atoms with Crippen molar-refractivity contribution in [1.82, 2.24) is 14.5 Å². The fourth-order valence-electron chi connectivity index (χ4n) is 2.99. The highest BCUT2D eigenvalue weighted by Crippen LogP contribution is 2.23. The van der Waals surface area contributed by atoms with Crippen molar-refractivity contribution in [2.75, 3.05) is 19.6 Å². The van der Waals surface area contributed by atoms with Gasteiger partial charge in [0, 0.05) is 44.9 Å². The summed E-state index contributed by atoms with van der Waals surface area (Å²) in [5.74, 6) is 1.60. The summed E-state index contributed by atoms with van der Waals surface area (Å²) >= 11 is 1.56. The first kappa shape index (κ1) is 14.5. The number of carbonyl (C=O) groups is 1. The summed E-state index contributed by atoms with van der Waals surface area (Å²) in [6.07, 6.45) is 6.91. The van der Waals surface area contributed by atoms with E-state index in [1.165, 1.54) is 0 Å². The zero-order chi connectivity index (χ0) is 14.7. The lowest BCUT2D eigenvalue weighted by molar-refractivity contribution is 0.0825. The van der Waals surface area contributed by atoms with Crippen molar-refractivity contribution >= 4 is 17.1 Å². The van der Waals surface area contributed by atoms with Crippen molar-refractivity contribution in [2.24, 2.45) is 13.0 Å². The highest BCUT2D eigenvalue weighted by Gasteiger charge is 2.26. The van der Waals surface area contributed by atoms with E-state index < -0.39 is 0 Å². The lowest BCUT2D eigenvalue weighted by Crippen LogP contribution is -2.39. The van der Waals surface area contributed by atoms with E-state index in [9.17, 15) is 4.79 Å².